The smallest absolute Gasteiger partial charge is 0.0239 e. The second kappa shape index (κ2) is 3.64. The monoisotopic (exact) mass is 201 g/mol. The van der Waals surface area contributed by atoms with Crippen LogP contribution in [-0.4, -0.2) is 17.5 Å². The van der Waals surface area contributed by atoms with Crippen molar-refractivity contribution in [2.75, 3.05) is 6.54 Å². The van der Waals surface area contributed by atoms with Crippen molar-refractivity contribution in [1.82, 2.24) is 4.90 Å². The molecule has 3 rings (SSSR count). The second-order valence-corrected chi connectivity index (χ2v) is 5.08. The molecule has 15 heavy (non-hydrogen) atoms. The summed E-state index contributed by atoms with van der Waals surface area (Å²) in [6.07, 6.45) is 5.48. The van der Waals surface area contributed by atoms with Gasteiger partial charge < -0.3 is 0 Å². The van der Waals surface area contributed by atoms with Crippen molar-refractivity contribution in [3.63, 3.8) is 0 Å². The highest BCUT2D eigenvalue weighted by Gasteiger charge is 2.29. The van der Waals surface area contributed by atoms with Crippen molar-refractivity contribution in [2.45, 2.75) is 45.2 Å². The highest BCUT2D eigenvalue weighted by Crippen LogP contribution is 2.31. The number of nitrogens with zero attached hydrogens (tertiary/aromatic N) is 1. The van der Waals surface area contributed by atoms with Gasteiger partial charge in [-0.1, -0.05) is 23.8 Å². The Balaban J connectivity index is 1.88. The summed E-state index contributed by atoms with van der Waals surface area (Å²) in [6.45, 7) is 4.70. The third-order valence-electron chi connectivity index (χ3n) is 3.69. The van der Waals surface area contributed by atoms with Gasteiger partial charge in [0, 0.05) is 12.6 Å². The van der Waals surface area contributed by atoms with E-state index in [2.05, 4.69) is 30.0 Å². The van der Waals surface area contributed by atoms with E-state index >= 15 is 0 Å². The van der Waals surface area contributed by atoms with Gasteiger partial charge in [-0.3, -0.25) is 4.90 Å². The van der Waals surface area contributed by atoms with E-state index in [1.54, 1.807) is 11.1 Å². The molecule has 0 spiro atoms. The summed E-state index contributed by atoms with van der Waals surface area (Å²) in [5.41, 5.74) is 4.58. The number of benzene rings is 1. The maximum Gasteiger partial charge on any atom is 0.0239 e. The number of fused-ring (bicyclic) bond motifs is 1. The van der Waals surface area contributed by atoms with Crippen LogP contribution in [0.15, 0.2) is 18.2 Å². The minimum absolute atomic E-state index is 0.914. The molecule has 1 fully saturated rings. The largest absolute Gasteiger partial charge is 0.296 e. The van der Waals surface area contributed by atoms with Crippen LogP contribution in [0.1, 0.15) is 36.0 Å². The zero-order valence-corrected chi connectivity index (χ0v) is 9.50. The van der Waals surface area contributed by atoms with Gasteiger partial charge in [-0.15, -0.1) is 0 Å². The molecule has 0 atom stereocenters. The van der Waals surface area contributed by atoms with E-state index < -0.39 is 0 Å². The van der Waals surface area contributed by atoms with Crippen molar-refractivity contribution in [1.29, 1.82) is 0 Å². The maximum atomic E-state index is 2.68. The second-order valence-electron chi connectivity index (χ2n) is 5.08. The summed E-state index contributed by atoms with van der Waals surface area (Å²) in [4.78, 5) is 2.68. The molecule has 2 aliphatic rings. The first kappa shape index (κ1) is 9.41. The number of aryl methyl sites for hydroxylation is 2. The molecule has 1 heterocycles. The van der Waals surface area contributed by atoms with E-state index in [9.17, 15) is 0 Å². The Labute approximate surface area is 92.1 Å². The maximum absolute atomic E-state index is 2.68. The van der Waals surface area contributed by atoms with E-state index in [1.165, 1.54) is 44.3 Å². The van der Waals surface area contributed by atoms with E-state index in [-0.39, 0.29) is 0 Å². The predicted molar refractivity (Wildman–Crippen MR) is 62.9 cm³/mol. The first-order chi connectivity index (χ1) is 7.33. The average Bonchev–Trinajstić information content (AvgIpc) is 3.02. The summed E-state index contributed by atoms with van der Waals surface area (Å²) in [7, 11) is 0. The molecule has 1 aliphatic carbocycles. The van der Waals surface area contributed by atoms with E-state index in [0.717, 1.165) is 6.04 Å². The zero-order valence-electron chi connectivity index (χ0n) is 9.50. The van der Waals surface area contributed by atoms with Gasteiger partial charge in [-0.05, 0) is 50.3 Å². The van der Waals surface area contributed by atoms with Crippen LogP contribution in [0.5, 0.6) is 0 Å². The minimum atomic E-state index is 0.914. The molecule has 1 nitrogen and oxygen atoms in total. The Hall–Kier alpha value is -0.820. The Morgan fingerprint density at radius 1 is 1.20 bits per heavy atom. The van der Waals surface area contributed by atoms with Crippen LogP contribution in [0.4, 0.5) is 0 Å². The fourth-order valence-electron chi connectivity index (χ4n) is 2.66. The molecule has 1 aromatic carbocycles. The van der Waals surface area contributed by atoms with Crippen LogP contribution < -0.4 is 0 Å². The lowest BCUT2D eigenvalue weighted by atomic mass is 10.0. The van der Waals surface area contributed by atoms with Gasteiger partial charge in [-0.25, -0.2) is 0 Å². The summed E-state index contributed by atoms with van der Waals surface area (Å²) in [5, 5.41) is 0. The third-order valence-corrected chi connectivity index (χ3v) is 3.69. The Morgan fingerprint density at radius 3 is 2.87 bits per heavy atom. The molecule has 1 heteroatoms. The van der Waals surface area contributed by atoms with Gasteiger partial charge in [0.15, 0.2) is 0 Å². The van der Waals surface area contributed by atoms with Gasteiger partial charge in [-0.2, -0.15) is 0 Å². The topological polar surface area (TPSA) is 3.24 Å². The standard InChI is InChI=1S/C14H19N/c1-11-4-5-13-10-15(14-6-7-14)8-2-3-12(13)9-11/h4-5,9,14H,2-3,6-8,10H2,1H3. The molecule has 1 aromatic rings. The van der Waals surface area contributed by atoms with Crippen molar-refractivity contribution >= 4 is 0 Å². The number of rotatable bonds is 1. The lowest BCUT2D eigenvalue weighted by Crippen LogP contribution is -2.25. The SMILES string of the molecule is Cc1ccc2c(c1)CCCN(C1CC1)C2. The third kappa shape index (κ3) is 1.93. The zero-order chi connectivity index (χ0) is 10.3. The summed E-state index contributed by atoms with van der Waals surface area (Å²) < 4.78 is 0. The molecule has 80 valence electrons. The van der Waals surface area contributed by atoms with Crippen LogP contribution in [0.25, 0.3) is 0 Å². The first-order valence-corrected chi connectivity index (χ1v) is 6.15. The first-order valence-electron chi connectivity index (χ1n) is 6.15. The van der Waals surface area contributed by atoms with Crippen LogP contribution in [0.3, 0.4) is 0 Å². The van der Waals surface area contributed by atoms with E-state index in [1.807, 2.05) is 0 Å². The van der Waals surface area contributed by atoms with E-state index in [4.69, 9.17) is 0 Å². The van der Waals surface area contributed by atoms with Crippen LogP contribution in [0.2, 0.25) is 0 Å². The van der Waals surface area contributed by atoms with Crippen LogP contribution in [0, 0.1) is 6.92 Å². The fraction of sp³-hybridized carbons (Fsp3) is 0.571. The molecule has 0 radical (unpaired) electrons. The molecule has 0 N–H and O–H groups in total. The Bertz CT molecular complexity index is 366. The van der Waals surface area contributed by atoms with Gasteiger partial charge in [0.25, 0.3) is 0 Å². The average molecular weight is 201 g/mol. The lowest BCUT2D eigenvalue weighted by molar-refractivity contribution is 0.259. The van der Waals surface area contributed by atoms with Crippen molar-refractivity contribution in [3.05, 3.63) is 34.9 Å². The highest BCUT2D eigenvalue weighted by molar-refractivity contribution is 5.32. The summed E-state index contributed by atoms with van der Waals surface area (Å²) in [5.74, 6) is 0. The van der Waals surface area contributed by atoms with E-state index in [0.29, 0.717) is 0 Å². The summed E-state index contributed by atoms with van der Waals surface area (Å²) in [6, 6.07) is 7.89. The number of hydrogen-bond acceptors (Lipinski definition) is 1. The normalized spacial score (nSPS) is 22.2. The van der Waals surface area contributed by atoms with Gasteiger partial charge in [0.05, 0.1) is 0 Å². The lowest BCUT2D eigenvalue weighted by Gasteiger charge is -2.19. The van der Waals surface area contributed by atoms with Gasteiger partial charge in [0.1, 0.15) is 0 Å². The summed E-state index contributed by atoms with van der Waals surface area (Å²) >= 11 is 0. The van der Waals surface area contributed by atoms with Crippen LogP contribution >= 0.6 is 0 Å². The van der Waals surface area contributed by atoms with Crippen LogP contribution in [-0.2, 0) is 13.0 Å². The molecule has 0 unspecified atom stereocenters. The van der Waals surface area contributed by atoms with Gasteiger partial charge >= 0.3 is 0 Å². The van der Waals surface area contributed by atoms with Crippen molar-refractivity contribution in [2.24, 2.45) is 0 Å². The molecule has 0 bridgehead atoms. The van der Waals surface area contributed by atoms with Crippen molar-refractivity contribution in [3.8, 4) is 0 Å². The quantitative estimate of drug-likeness (QED) is 0.675. The molecule has 0 amide bonds. The highest BCUT2D eigenvalue weighted by atomic mass is 15.2. The molecule has 0 saturated heterocycles. The number of hydrogen-bond donors (Lipinski definition) is 0. The molecular weight excluding hydrogens is 182 g/mol. The Kier molecular flexibility index (Phi) is 2.28. The minimum Gasteiger partial charge on any atom is -0.296 e. The molecule has 1 aliphatic heterocycles. The molecule has 1 saturated carbocycles. The van der Waals surface area contributed by atoms with Gasteiger partial charge in [0.2, 0.25) is 0 Å². The fourth-order valence-corrected chi connectivity index (χ4v) is 2.66. The Morgan fingerprint density at radius 2 is 2.07 bits per heavy atom. The molecule has 0 aromatic heterocycles. The molecular formula is C14H19N. The van der Waals surface area contributed by atoms with Crippen molar-refractivity contribution < 1.29 is 0 Å². The predicted octanol–water partition coefficient (Wildman–Crippen LogP) is 2.91.